The Balaban J connectivity index is 1.82. The van der Waals surface area contributed by atoms with Crippen molar-refractivity contribution in [2.24, 2.45) is 0 Å². The predicted molar refractivity (Wildman–Crippen MR) is 103 cm³/mol. The molecule has 3 aromatic rings. The summed E-state index contributed by atoms with van der Waals surface area (Å²) in [7, 11) is 1.97. The summed E-state index contributed by atoms with van der Waals surface area (Å²) in [6, 6.07) is 8.22. The molecule has 4 rings (SSSR count). The number of para-hydroxylation sites is 1. The number of rotatable bonds is 3. The molecule has 0 radical (unpaired) electrons. The van der Waals surface area contributed by atoms with Crippen LogP contribution < -0.4 is 4.90 Å². The van der Waals surface area contributed by atoms with Crippen molar-refractivity contribution in [1.82, 2.24) is 14.9 Å². The SMILES string of the molecule is CN1CCN(c2cc(-c3nc4c([N+](=O)[O-])cccc4[nH]3)cc(C(F)(F)F)c2)CC1. The maximum Gasteiger partial charge on any atom is 0.416 e. The standard InChI is InChI=1S/C19H18F3N5O2/c1-25-5-7-26(8-6-25)14-10-12(9-13(11-14)19(20,21)22)18-23-15-3-2-4-16(27(28)29)17(15)24-18/h2-4,9-11H,5-8H2,1H3,(H,23,24). The molecule has 1 aromatic heterocycles. The van der Waals surface area contributed by atoms with Gasteiger partial charge >= 0.3 is 6.18 Å². The van der Waals surface area contributed by atoms with Gasteiger partial charge in [-0.3, -0.25) is 10.1 Å². The molecular formula is C19H18F3N5O2. The third kappa shape index (κ3) is 3.75. The number of H-pyrrole nitrogens is 1. The first-order chi connectivity index (χ1) is 13.7. The third-order valence-electron chi connectivity index (χ3n) is 5.08. The van der Waals surface area contributed by atoms with Gasteiger partial charge in [-0.2, -0.15) is 13.2 Å². The van der Waals surface area contributed by atoms with Gasteiger partial charge in [0, 0.05) is 43.5 Å². The van der Waals surface area contributed by atoms with E-state index in [-0.39, 0.29) is 22.6 Å². The van der Waals surface area contributed by atoms with E-state index in [9.17, 15) is 23.3 Å². The van der Waals surface area contributed by atoms with E-state index in [1.807, 2.05) is 11.9 Å². The van der Waals surface area contributed by atoms with E-state index < -0.39 is 16.7 Å². The Morgan fingerprint density at radius 1 is 1.14 bits per heavy atom. The molecule has 29 heavy (non-hydrogen) atoms. The minimum absolute atomic E-state index is 0.117. The van der Waals surface area contributed by atoms with Crippen LogP contribution in [0.1, 0.15) is 5.56 Å². The number of halogens is 3. The number of nitrogens with one attached hydrogen (secondary N) is 1. The van der Waals surface area contributed by atoms with E-state index in [1.165, 1.54) is 12.1 Å². The van der Waals surface area contributed by atoms with Crippen LogP contribution in [0.4, 0.5) is 24.5 Å². The molecule has 1 fully saturated rings. The first-order valence-corrected chi connectivity index (χ1v) is 9.01. The number of non-ortho nitro benzene ring substituents is 1. The number of benzene rings is 2. The molecule has 2 aromatic carbocycles. The van der Waals surface area contributed by atoms with E-state index >= 15 is 0 Å². The van der Waals surface area contributed by atoms with Gasteiger partial charge in [-0.1, -0.05) is 6.07 Å². The number of likely N-dealkylation sites (N-methyl/N-ethyl adjacent to an activating group) is 1. The van der Waals surface area contributed by atoms with Crippen molar-refractivity contribution in [3.8, 4) is 11.4 Å². The average Bonchev–Trinajstić information content (AvgIpc) is 3.11. The monoisotopic (exact) mass is 405 g/mol. The second-order valence-electron chi connectivity index (χ2n) is 7.07. The van der Waals surface area contributed by atoms with Crippen molar-refractivity contribution in [2.45, 2.75) is 6.18 Å². The number of hydrogen-bond acceptors (Lipinski definition) is 5. The molecular weight excluding hydrogens is 387 g/mol. The minimum Gasteiger partial charge on any atom is -0.369 e. The number of aromatic amines is 1. The van der Waals surface area contributed by atoms with E-state index in [0.717, 1.165) is 25.2 Å². The van der Waals surface area contributed by atoms with Crippen LogP contribution in [0.3, 0.4) is 0 Å². The Kier molecular flexibility index (Phi) is 4.65. The fourth-order valence-corrected chi connectivity index (χ4v) is 3.46. The zero-order valence-corrected chi connectivity index (χ0v) is 15.5. The lowest BCUT2D eigenvalue weighted by atomic mass is 10.1. The number of nitrogens with zero attached hydrogens (tertiary/aromatic N) is 4. The average molecular weight is 405 g/mol. The molecule has 0 bridgehead atoms. The summed E-state index contributed by atoms with van der Waals surface area (Å²) in [6.07, 6.45) is -4.52. The number of aromatic nitrogens is 2. The fraction of sp³-hybridized carbons (Fsp3) is 0.316. The highest BCUT2D eigenvalue weighted by molar-refractivity contribution is 5.87. The quantitative estimate of drug-likeness (QED) is 0.528. The smallest absolute Gasteiger partial charge is 0.369 e. The molecule has 1 aliphatic rings. The van der Waals surface area contributed by atoms with Crippen LogP contribution in [0.2, 0.25) is 0 Å². The van der Waals surface area contributed by atoms with Gasteiger partial charge in [0.15, 0.2) is 5.52 Å². The Morgan fingerprint density at radius 3 is 2.52 bits per heavy atom. The fourth-order valence-electron chi connectivity index (χ4n) is 3.46. The van der Waals surface area contributed by atoms with E-state index in [1.54, 1.807) is 12.1 Å². The van der Waals surface area contributed by atoms with E-state index in [2.05, 4.69) is 14.9 Å². The third-order valence-corrected chi connectivity index (χ3v) is 5.08. The van der Waals surface area contributed by atoms with Crippen LogP contribution in [0.25, 0.3) is 22.4 Å². The zero-order chi connectivity index (χ0) is 20.8. The maximum absolute atomic E-state index is 13.5. The summed E-state index contributed by atoms with van der Waals surface area (Å²) in [5.41, 5.74) is 0.228. The van der Waals surface area contributed by atoms with Crippen molar-refractivity contribution in [2.75, 3.05) is 38.1 Å². The van der Waals surface area contributed by atoms with Crippen molar-refractivity contribution in [3.63, 3.8) is 0 Å². The summed E-state index contributed by atoms with van der Waals surface area (Å²) in [4.78, 5) is 21.8. The molecule has 1 aliphatic heterocycles. The Labute approximate surface area is 163 Å². The topological polar surface area (TPSA) is 78.3 Å². The van der Waals surface area contributed by atoms with Gasteiger partial charge in [0.1, 0.15) is 5.82 Å². The van der Waals surface area contributed by atoms with Crippen LogP contribution in [0.5, 0.6) is 0 Å². The summed E-state index contributed by atoms with van der Waals surface area (Å²) >= 11 is 0. The van der Waals surface area contributed by atoms with Crippen molar-refractivity contribution in [3.05, 3.63) is 52.1 Å². The molecule has 0 saturated carbocycles. The second-order valence-corrected chi connectivity index (χ2v) is 7.07. The number of alkyl halides is 3. The van der Waals surface area contributed by atoms with Crippen LogP contribution in [0.15, 0.2) is 36.4 Å². The molecule has 1 N–H and O–H groups in total. The summed E-state index contributed by atoms with van der Waals surface area (Å²) in [6.45, 7) is 2.73. The Hall–Kier alpha value is -3.14. The molecule has 0 aliphatic carbocycles. The lowest BCUT2D eigenvalue weighted by Crippen LogP contribution is -2.44. The number of anilines is 1. The normalized spacial score (nSPS) is 15.8. The molecule has 2 heterocycles. The molecule has 152 valence electrons. The summed E-state index contributed by atoms with van der Waals surface area (Å²) in [5, 5.41) is 11.2. The van der Waals surface area contributed by atoms with E-state index in [0.29, 0.717) is 24.3 Å². The van der Waals surface area contributed by atoms with Crippen LogP contribution in [0, 0.1) is 10.1 Å². The highest BCUT2D eigenvalue weighted by Crippen LogP contribution is 2.36. The van der Waals surface area contributed by atoms with Gasteiger partial charge in [-0.25, -0.2) is 4.98 Å². The Bertz CT molecular complexity index is 1070. The lowest BCUT2D eigenvalue weighted by Gasteiger charge is -2.34. The van der Waals surface area contributed by atoms with Gasteiger partial charge in [0.2, 0.25) is 0 Å². The second kappa shape index (κ2) is 7.03. The summed E-state index contributed by atoms with van der Waals surface area (Å²) < 4.78 is 40.6. The number of imidazole rings is 1. The highest BCUT2D eigenvalue weighted by Gasteiger charge is 2.32. The highest BCUT2D eigenvalue weighted by atomic mass is 19.4. The van der Waals surface area contributed by atoms with Crippen LogP contribution in [-0.2, 0) is 6.18 Å². The number of hydrogen-bond donors (Lipinski definition) is 1. The number of fused-ring (bicyclic) bond motifs is 1. The Morgan fingerprint density at radius 2 is 1.86 bits per heavy atom. The van der Waals surface area contributed by atoms with Gasteiger partial charge in [-0.05, 0) is 31.3 Å². The van der Waals surface area contributed by atoms with Crippen LogP contribution in [-0.4, -0.2) is 53.0 Å². The van der Waals surface area contributed by atoms with Crippen LogP contribution >= 0.6 is 0 Å². The predicted octanol–water partition coefficient (Wildman–Crippen LogP) is 3.91. The van der Waals surface area contributed by atoms with Gasteiger partial charge in [0.05, 0.1) is 16.0 Å². The molecule has 7 nitrogen and oxygen atoms in total. The largest absolute Gasteiger partial charge is 0.416 e. The minimum atomic E-state index is -4.52. The van der Waals surface area contributed by atoms with Gasteiger partial charge in [-0.15, -0.1) is 0 Å². The molecule has 0 spiro atoms. The molecule has 0 amide bonds. The van der Waals surface area contributed by atoms with Gasteiger partial charge in [0.25, 0.3) is 5.69 Å². The molecule has 0 unspecified atom stereocenters. The first kappa shape index (κ1) is 19.2. The molecule has 1 saturated heterocycles. The van der Waals surface area contributed by atoms with Crippen molar-refractivity contribution >= 4 is 22.4 Å². The number of nitro groups is 1. The first-order valence-electron chi connectivity index (χ1n) is 9.01. The zero-order valence-electron chi connectivity index (χ0n) is 15.5. The van der Waals surface area contributed by atoms with Crippen molar-refractivity contribution < 1.29 is 18.1 Å². The van der Waals surface area contributed by atoms with Crippen molar-refractivity contribution in [1.29, 1.82) is 0 Å². The molecule has 10 heteroatoms. The molecule has 0 atom stereocenters. The summed E-state index contributed by atoms with van der Waals surface area (Å²) in [5.74, 6) is 0.163. The maximum atomic E-state index is 13.5. The van der Waals surface area contributed by atoms with Gasteiger partial charge < -0.3 is 14.8 Å². The number of nitro benzene ring substituents is 1. The number of piperazine rings is 1. The lowest BCUT2D eigenvalue weighted by molar-refractivity contribution is -0.383. The van der Waals surface area contributed by atoms with E-state index in [4.69, 9.17) is 0 Å².